The van der Waals surface area contributed by atoms with Gasteiger partial charge in [0.25, 0.3) is 5.91 Å². The van der Waals surface area contributed by atoms with Gasteiger partial charge < -0.3 is 9.32 Å². The molecule has 0 aliphatic carbocycles. The Hall–Kier alpha value is -2.44. The highest BCUT2D eigenvalue weighted by atomic mass is 32.1. The van der Waals surface area contributed by atoms with E-state index in [1.165, 1.54) is 17.2 Å². The monoisotopic (exact) mass is 412 g/mol. The minimum Gasteiger partial charge on any atom is -0.459 e. The summed E-state index contributed by atoms with van der Waals surface area (Å²) in [5, 5.41) is 2.11. The number of para-hydroxylation sites is 1. The normalized spacial score (nSPS) is 19.9. The number of anilines is 1. The van der Waals surface area contributed by atoms with Crippen molar-refractivity contribution in [2.75, 3.05) is 24.5 Å². The maximum atomic E-state index is 14.6. The second kappa shape index (κ2) is 8.93. The van der Waals surface area contributed by atoms with Crippen molar-refractivity contribution in [1.82, 2.24) is 4.90 Å². The van der Waals surface area contributed by atoms with E-state index in [1.807, 2.05) is 0 Å². The highest BCUT2D eigenvalue weighted by Gasteiger charge is 2.36. The number of nitrogens with zero attached hydrogens (tertiary/aromatic N) is 2. The zero-order chi connectivity index (χ0) is 20.2. The lowest BCUT2D eigenvalue weighted by Crippen LogP contribution is -2.53. The van der Waals surface area contributed by atoms with E-state index in [2.05, 4.69) is 29.3 Å². The molecule has 1 amide bonds. The molecule has 0 unspecified atom stereocenters. The smallest absolute Gasteiger partial charge is 0.294 e. The van der Waals surface area contributed by atoms with Crippen LogP contribution in [0.3, 0.4) is 0 Å². The van der Waals surface area contributed by atoms with Gasteiger partial charge in [-0.2, -0.15) is 0 Å². The van der Waals surface area contributed by atoms with Crippen LogP contribution in [0.15, 0.2) is 64.6 Å². The third kappa shape index (κ3) is 4.43. The molecule has 152 valence electrons. The predicted molar refractivity (Wildman–Crippen MR) is 114 cm³/mol. The maximum Gasteiger partial charge on any atom is 0.294 e. The molecule has 1 aliphatic rings. The van der Waals surface area contributed by atoms with E-state index in [1.54, 1.807) is 46.6 Å². The Morgan fingerprint density at radius 3 is 2.79 bits per heavy atom. The molecular formula is C23H25FN2O2S. The molecule has 0 radical (unpaired) electrons. The average Bonchev–Trinajstić information content (AvgIpc) is 3.43. The number of carbonyl (C=O) groups is 1. The molecule has 2 aromatic heterocycles. The average molecular weight is 413 g/mol. The molecule has 4 rings (SSSR count). The van der Waals surface area contributed by atoms with Gasteiger partial charge >= 0.3 is 0 Å². The first-order chi connectivity index (χ1) is 14.1. The number of likely N-dealkylation sites (tertiary alicyclic amines) is 1. The van der Waals surface area contributed by atoms with Crippen molar-refractivity contribution < 1.29 is 13.6 Å². The third-order valence-corrected chi connectivity index (χ3v) is 6.53. The second-order valence-electron chi connectivity index (χ2n) is 7.57. The van der Waals surface area contributed by atoms with Crippen molar-refractivity contribution in [3.8, 4) is 0 Å². The first-order valence-corrected chi connectivity index (χ1v) is 10.9. The lowest BCUT2D eigenvalue weighted by Gasteiger charge is -2.42. The molecule has 0 saturated carbocycles. The first kappa shape index (κ1) is 19.9. The van der Waals surface area contributed by atoms with Gasteiger partial charge in [-0.1, -0.05) is 25.1 Å². The molecule has 3 aromatic rings. The zero-order valence-corrected chi connectivity index (χ0v) is 17.3. The number of furan rings is 1. The summed E-state index contributed by atoms with van der Waals surface area (Å²) < 4.78 is 20.0. The summed E-state index contributed by atoms with van der Waals surface area (Å²) in [6, 6.07) is 14.0. The summed E-state index contributed by atoms with van der Waals surface area (Å²) in [4.78, 5) is 18.7. The lowest BCUT2D eigenvalue weighted by atomic mass is 9.91. The van der Waals surface area contributed by atoms with Crippen LogP contribution in [0.1, 0.15) is 28.8 Å². The van der Waals surface area contributed by atoms with Crippen molar-refractivity contribution >= 4 is 22.9 Å². The fourth-order valence-corrected chi connectivity index (χ4v) is 4.83. The molecule has 0 spiro atoms. The van der Waals surface area contributed by atoms with Crippen molar-refractivity contribution in [1.29, 1.82) is 0 Å². The van der Waals surface area contributed by atoms with Gasteiger partial charge in [-0.25, -0.2) is 4.39 Å². The van der Waals surface area contributed by atoms with Crippen LogP contribution in [0.5, 0.6) is 0 Å². The fraction of sp³-hybridized carbons (Fsp3) is 0.348. The summed E-state index contributed by atoms with van der Waals surface area (Å²) in [6.45, 7) is 4.91. The van der Waals surface area contributed by atoms with Crippen LogP contribution >= 0.6 is 11.3 Å². The van der Waals surface area contributed by atoms with Gasteiger partial charge in [0.15, 0.2) is 5.76 Å². The maximum absolute atomic E-state index is 14.6. The van der Waals surface area contributed by atoms with Gasteiger partial charge in [0, 0.05) is 30.6 Å². The van der Waals surface area contributed by atoms with E-state index in [4.69, 9.17) is 4.42 Å². The molecule has 1 aliphatic heterocycles. The number of hydrogen-bond acceptors (Lipinski definition) is 4. The molecule has 29 heavy (non-hydrogen) atoms. The molecule has 1 saturated heterocycles. The molecule has 0 bridgehead atoms. The Kier molecular flexibility index (Phi) is 6.11. The van der Waals surface area contributed by atoms with E-state index >= 15 is 0 Å². The van der Waals surface area contributed by atoms with Crippen LogP contribution in [-0.2, 0) is 6.42 Å². The van der Waals surface area contributed by atoms with Crippen molar-refractivity contribution in [2.45, 2.75) is 25.8 Å². The summed E-state index contributed by atoms with van der Waals surface area (Å²) in [7, 11) is 0. The van der Waals surface area contributed by atoms with Crippen molar-refractivity contribution in [3.05, 3.63) is 76.6 Å². The zero-order valence-electron chi connectivity index (χ0n) is 16.5. The molecule has 2 atom stereocenters. The number of halogens is 1. The SMILES string of the molecule is C[C@H]1CN(CCc2cccs2)CC[C@H]1N(C(=O)c1ccco1)c1ccccc1F. The van der Waals surface area contributed by atoms with Crippen LogP contribution in [-0.4, -0.2) is 36.5 Å². The molecule has 1 fully saturated rings. The van der Waals surface area contributed by atoms with Crippen LogP contribution in [0.4, 0.5) is 10.1 Å². The number of amides is 1. The third-order valence-electron chi connectivity index (χ3n) is 5.59. The van der Waals surface area contributed by atoms with Crippen LogP contribution in [0.2, 0.25) is 0 Å². The van der Waals surface area contributed by atoms with E-state index in [9.17, 15) is 9.18 Å². The Labute approximate surface area is 174 Å². The van der Waals surface area contributed by atoms with Gasteiger partial charge in [-0.3, -0.25) is 9.69 Å². The highest BCUT2D eigenvalue weighted by molar-refractivity contribution is 7.09. The number of carbonyl (C=O) groups excluding carboxylic acids is 1. The van der Waals surface area contributed by atoms with Gasteiger partial charge in [0.05, 0.1) is 12.0 Å². The number of rotatable bonds is 6. The topological polar surface area (TPSA) is 36.7 Å². The molecule has 3 heterocycles. The molecule has 0 N–H and O–H groups in total. The quantitative estimate of drug-likeness (QED) is 0.567. The second-order valence-corrected chi connectivity index (χ2v) is 8.60. The van der Waals surface area contributed by atoms with Gasteiger partial charge in [0.2, 0.25) is 0 Å². The van der Waals surface area contributed by atoms with E-state index in [-0.39, 0.29) is 29.4 Å². The van der Waals surface area contributed by atoms with Crippen molar-refractivity contribution in [3.63, 3.8) is 0 Å². The standard InChI is InChI=1S/C23H25FN2O2S/c1-17-16-25(12-10-18-6-5-15-29-18)13-11-20(17)26(21-8-3-2-7-19(21)24)23(27)22-9-4-14-28-22/h2-9,14-15,17,20H,10-13,16H2,1H3/t17-,20+/m0/s1. The van der Waals surface area contributed by atoms with Gasteiger partial charge in [-0.15, -0.1) is 11.3 Å². The van der Waals surface area contributed by atoms with Crippen molar-refractivity contribution in [2.24, 2.45) is 5.92 Å². The van der Waals surface area contributed by atoms with Crippen LogP contribution in [0.25, 0.3) is 0 Å². The van der Waals surface area contributed by atoms with E-state index in [0.29, 0.717) is 5.69 Å². The highest BCUT2D eigenvalue weighted by Crippen LogP contribution is 2.31. The Bertz CT molecular complexity index is 926. The summed E-state index contributed by atoms with van der Waals surface area (Å²) >= 11 is 1.79. The molecule has 4 nitrogen and oxygen atoms in total. The number of hydrogen-bond donors (Lipinski definition) is 0. The minimum atomic E-state index is -0.389. The summed E-state index contributed by atoms with van der Waals surface area (Å²) in [6.07, 6.45) is 3.31. The first-order valence-electron chi connectivity index (χ1n) is 10.00. The number of benzene rings is 1. The van der Waals surface area contributed by atoms with Crippen LogP contribution in [0, 0.1) is 11.7 Å². The largest absolute Gasteiger partial charge is 0.459 e. The van der Waals surface area contributed by atoms with Gasteiger partial charge in [0.1, 0.15) is 5.82 Å². The van der Waals surface area contributed by atoms with E-state index in [0.717, 1.165) is 32.5 Å². The minimum absolute atomic E-state index is 0.0810. The predicted octanol–water partition coefficient (Wildman–Crippen LogP) is 5.08. The number of thiophene rings is 1. The molecule has 1 aromatic carbocycles. The molecule has 6 heteroatoms. The Balaban J connectivity index is 1.52. The molecular weight excluding hydrogens is 387 g/mol. The summed E-state index contributed by atoms with van der Waals surface area (Å²) in [5.41, 5.74) is 0.317. The fourth-order valence-electron chi connectivity index (χ4n) is 4.13. The number of piperidine rings is 1. The summed E-state index contributed by atoms with van der Waals surface area (Å²) in [5.74, 6) is -0.227. The lowest BCUT2D eigenvalue weighted by molar-refractivity contribution is 0.0905. The Morgan fingerprint density at radius 1 is 1.24 bits per heavy atom. The van der Waals surface area contributed by atoms with Gasteiger partial charge in [-0.05, 0) is 54.5 Å². The Morgan fingerprint density at radius 2 is 2.10 bits per heavy atom. The van der Waals surface area contributed by atoms with Crippen LogP contribution < -0.4 is 4.90 Å². The van der Waals surface area contributed by atoms with E-state index < -0.39 is 0 Å².